The zero-order valence-electron chi connectivity index (χ0n) is 16.9. The third-order valence-electron chi connectivity index (χ3n) is 5.33. The second kappa shape index (κ2) is 10.4. The number of amides is 2. The fourth-order valence-electron chi connectivity index (χ4n) is 3.42. The molecule has 0 atom stereocenters. The summed E-state index contributed by atoms with van der Waals surface area (Å²) in [5, 5.41) is 6.05. The van der Waals surface area contributed by atoms with E-state index < -0.39 is 0 Å². The summed E-state index contributed by atoms with van der Waals surface area (Å²) in [5.74, 6) is 0.219. The van der Waals surface area contributed by atoms with E-state index in [1.54, 1.807) is 0 Å². The Balaban J connectivity index is 1.24. The highest BCUT2D eigenvalue weighted by atomic mass is 16.2. The van der Waals surface area contributed by atoms with Gasteiger partial charge in [-0.3, -0.25) is 19.4 Å². The molecule has 2 amide bonds. The SMILES string of the molecule is CN(CCCNC(=O)CN1CCN(CC(=O)NC2CC2)CC1)c1ccccc1. The molecular weight excluding hydrogens is 354 g/mol. The third kappa shape index (κ3) is 7.13. The van der Waals surface area contributed by atoms with Crippen molar-refractivity contribution in [2.45, 2.75) is 25.3 Å². The van der Waals surface area contributed by atoms with Gasteiger partial charge in [0, 0.05) is 58.0 Å². The lowest BCUT2D eigenvalue weighted by Gasteiger charge is -2.33. The van der Waals surface area contributed by atoms with Crippen LogP contribution >= 0.6 is 0 Å². The van der Waals surface area contributed by atoms with Crippen LogP contribution in [0, 0.1) is 0 Å². The van der Waals surface area contributed by atoms with Crippen molar-refractivity contribution in [3.63, 3.8) is 0 Å². The molecule has 2 aliphatic rings. The van der Waals surface area contributed by atoms with Gasteiger partial charge in [-0.05, 0) is 31.4 Å². The van der Waals surface area contributed by atoms with E-state index in [1.165, 1.54) is 5.69 Å². The Morgan fingerprint density at radius 3 is 2.21 bits per heavy atom. The first-order chi connectivity index (χ1) is 13.6. The minimum atomic E-state index is 0.0855. The molecule has 1 aromatic carbocycles. The molecule has 1 aliphatic heterocycles. The molecule has 2 N–H and O–H groups in total. The lowest BCUT2D eigenvalue weighted by Crippen LogP contribution is -2.51. The Morgan fingerprint density at radius 2 is 1.61 bits per heavy atom. The van der Waals surface area contributed by atoms with Crippen LogP contribution in [0.25, 0.3) is 0 Å². The normalized spacial score (nSPS) is 17.9. The summed E-state index contributed by atoms with van der Waals surface area (Å²) in [7, 11) is 2.07. The zero-order chi connectivity index (χ0) is 19.8. The highest BCUT2D eigenvalue weighted by molar-refractivity contribution is 5.79. The molecule has 7 nitrogen and oxygen atoms in total. The maximum atomic E-state index is 12.2. The molecule has 2 fully saturated rings. The molecule has 154 valence electrons. The molecule has 3 rings (SSSR count). The van der Waals surface area contributed by atoms with E-state index in [9.17, 15) is 9.59 Å². The molecule has 1 saturated heterocycles. The van der Waals surface area contributed by atoms with Gasteiger partial charge in [-0.2, -0.15) is 0 Å². The number of anilines is 1. The summed E-state index contributed by atoms with van der Waals surface area (Å²) in [4.78, 5) is 30.6. The van der Waals surface area contributed by atoms with Crippen molar-refractivity contribution in [1.29, 1.82) is 0 Å². The Labute approximate surface area is 168 Å². The fraction of sp³-hybridized carbons (Fsp3) is 0.619. The van der Waals surface area contributed by atoms with Crippen molar-refractivity contribution < 1.29 is 9.59 Å². The topological polar surface area (TPSA) is 67.9 Å². The van der Waals surface area contributed by atoms with Crippen LogP contribution in [0.5, 0.6) is 0 Å². The molecule has 0 spiro atoms. The van der Waals surface area contributed by atoms with E-state index in [1.807, 2.05) is 18.2 Å². The first-order valence-electron chi connectivity index (χ1n) is 10.4. The summed E-state index contributed by atoms with van der Waals surface area (Å²) < 4.78 is 0. The van der Waals surface area contributed by atoms with Crippen molar-refractivity contribution in [2.24, 2.45) is 0 Å². The summed E-state index contributed by atoms with van der Waals surface area (Å²) in [5.41, 5.74) is 1.19. The van der Waals surface area contributed by atoms with Crippen LogP contribution in [0.1, 0.15) is 19.3 Å². The number of nitrogens with zero attached hydrogens (tertiary/aromatic N) is 3. The Morgan fingerprint density at radius 1 is 1.00 bits per heavy atom. The standard InChI is InChI=1S/C21H33N5O2/c1-24(19-6-3-2-4-7-19)11-5-10-22-20(27)16-25-12-14-26(15-13-25)17-21(28)23-18-8-9-18/h2-4,6-7,18H,5,8-17H2,1H3,(H,22,27)(H,23,28). The molecular formula is C21H33N5O2. The van der Waals surface area contributed by atoms with Gasteiger partial charge in [0.25, 0.3) is 0 Å². The van der Waals surface area contributed by atoms with Crippen molar-refractivity contribution in [3.8, 4) is 0 Å². The van der Waals surface area contributed by atoms with Gasteiger partial charge in [-0.25, -0.2) is 0 Å². The highest BCUT2D eigenvalue weighted by Gasteiger charge is 2.25. The molecule has 28 heavy (non-hydrogen) atoms. The molecule has 1 heterocycles. The van der Waals surface area contributed by atoms with Crippen molar-refractivity contribution in [2.75, 3.05) is 64.3 Å². The number of carbonyl (C=O) groups is 2. The van der Waals surface area contributed by atoms with Crippen LogP contribution in [-0.4, -0.2) is 87.1 Å². The maximum Gasteiger partial charge on any atom is 0.234 e. The third-order valence-corrected chi connectivity index (χ3v) is 5.33. The minimum Gasteiger partial charge on any atom is -0.375 e. The van der Waals surface area contributed by atoms with E-state index in [2.05, 4.69) is 44.5 Å². The van der Waals surface area contributed by atoms with E-state index in [4.69, 9.17) is 0 Å². The number of hydrogen-bond donors (Lipinski definition) is 2. The number of carbonyl (C=O) groups excluding carboxylic acids is 2. The molecule has 0 aromatic heterocycles. The Kier molecular flexibility index (Phi) is 7.68. The molecule has 0 unspecified atom stereocenters. The molecule has 0 radical (unpaired) electrons. The minimum absolute atomic E-state index is 0.0855. The van der Waals surface area contributed by atoms with Gasteiger partial charge in [-0.1, -0.05) is 18.2 Å². The maximum absolute atomic E-state index is 12.2. The van der Waals surface area contributed by atoms with E-state index in [0.29, 0.717) is 25.7 Å². The van der Waals surface area contributed by atoms with Gasteiger partial charge < -0.3 is 15.5 Å². The Hall–Kier alpha value is -2.12. The lowest BCUT2D eigenvalue weighted by molar-refractivity contribution is -0.125. The second-order valence-corrected chi connectivity index (χ2v) is 7.85. The van der Waals surface area contributed by atoms with Gasteiger partial charge in [0.2, 0.25) is 11.8 Å². The fourth-order valence-corrected chi connectivity index (χ4v) is 3.42. The van der Waals surface area contributed by atoms with Crippen LogP contribution in [-0.2, 0) is 9.59 Å². The first kappa shape index (κ1) is 20.6. The lowest BCUT2D eigenvalue weighted by atomic mass is 10.3. The van der Waals surface area contributed by atoms with Gasteiger partial charge in [0.05, 0.1) is 13.1 Å². The van der Waals surface area contributed by atoms with Gasteiger partial charge in [-0.15, -0.1) is 0 Å². The first-order valence-corrected chi connectivity index (χ1v) is 10.4. The van der Waals surface area contributed by atoms with Gasteiger partial charge >= 0.3 is 0 Å². The van der Waals surface area contributed by atoms with Crippen molar-refractivity contribution >= 4 is 17.5 Å². The predicted octanol–water partition coefficient (Wildman–Crippen LogP) is 0.525. The second-order valence-electron chi connectivity index (χ2n) is 7.85. The molecule has 0 bridgehead atoms. The van der Waals surface area contributed by atoms with Gasteiger partial charge in [0.1, 0.15) is 0 Å². The quantitative estimate of drug-likeness (QED) is 0.573. The number of para-hydroxylation sites is 1. The molecule has 1 aromatic rings. The van der Waals surface area contributed by atoms with Crippen LogP contribution in [0.15, 0.2) is 30.3 Å². The van der Waals surface area contributed by atoms with Gasteiger partial charge in [0.15, 0.2) is 0 Å². The average molecular weight is 388 g/mol. The zero-order valence-corrected chi connectivity index (χ0v) is 16.9. The largest absolute Gasteiger partial charge is 0.375 e. The summed E-state index contributed by atoms with van der Waals surface area (Å²) in [6.07, 6.45) is 3.16. The Bertz CT molecular complexity index is 627. The van der Waals surface area contributed by atoms with Crippen LogP contribution in [0.3, 0.4) is 0 Å². The van der Waals surface area contributed by atoms with E-state index in [-0.39, 0.29) is 11.8 Å². The predicted molar refractivity (Wildman–Crippen MR) is 111 cm³/mol. The number of nitrogens with one attached hydrogen (secondary N) is 2. The highest BCUT2D eigenvalue weighted by Crippen LogP contribution is 2.18. The monoisotopic (exact) mass is 387 g/mol. The smallest absolute Gasteiger partial charge is 0.234 e. The number of piperazine rings is 1. The van der Waals surface area contributed by atoms with E-state index >= 15 is 0 Å². The number of rotatable bonds is 10. The van der Waals surface area contributed by atoms with Crippen LogP contribution in [0.2, 0.25) is 0 Å². The summed E-state index contributed by atoms with van der Waals surface area (Å²) in [6, 6.07) is 10.7. The summed E-state index contributed by atoms with van der Waals surface area (Å²) in [6.45, 7) is 5.87. The van der Waals surface area contributed by atoms with Crippen LogP contribution in [0.4, 0.5) is 5.69 Å². The molecule has 1 saturated carbocycles. The molecule has 1 aliphatic carbocycles. The van der Waals surface area contributed by atoms with E-state index in [0.717, 1.165) is 52.0 Å². The molecule has 7 heteroatoms. The summed E-state index contributed by atoms with van der Waals surface area (Å²) >= 11 is 0. The van der Waals surface area contributed by atoms with Crippen LogP contribution < -0.4 is 15.5 Å². The van der Waals surface area contributed by atoms with Crippen molar-refractivity contribution in [1.82, 2.24) is 20.4 Å². The number of benzene rings is 1. The van der Waals surface area contributed by atoms with Crippen molar-refractivity contribution in [3.05, 3.63) is 30.3 Å². The number of hydrogen-bond acceptors (Lipinski definition) is 5. The average Bonchev–Trinajstić information content (AvgIpc) is 3.51.